The van der Waals surface area contributed by atoms with Crippen LogP contribution in [0.5, 0.6) is 0 Å². The molecular formula is C63H67BN2OS. The van der Waals surface area contributed by atoms with Crippen molar-refractivity contribution in [2.24, 2.45) is 0 Å². The monoisotopic (exact) mass is 911 g/mol. The Morgan fingerprint density at radius 3 is 1.66 bits per heavy atom. The van der Waals surface area contributed by atoms with Gasteiger partial charge in [0.2, 0.25) is 0 Å². The molecule has 3 nitrogen and oxygen atoms in total. The first kappa shape index (κ1) is 42.8. The molecule has 4 heterocycles. The summed E-state index contributed by atoms with van der Waals surface area (Å²) in [5, 5.41) is 5.12. The van der Waals surface area contributed by atoms with Crippen LogP contribution in [0.3, 0.4) is 0 Å². The van der Waals surface area contributed by atoms with E-state index in [1.165, 1.54) is 125 Å². The van der Waals surface area contributed by atoms with Gasteiger partial charge in [0, 0.05) is 38.2 Å². The minimum atomic E-state index is 0.0265. The van der Waals surface area contributed by atoms with Gasteiger partial charge in [0.25, 0.3) is 6.71 Å². The van der Waals surface area contributed by atoms with Crippen LogP contribution in [0, 0.1) is 6.92 Å². The Hall–Kier alpha value is -5.26. The van der Waals surface area contributed by atoms with E-state index in [1.807, 2.05) is 11.3 Å². The molecule has 6 aromatic carbocycles. The first-order chi connectivity index (χ1) is 32.1. The summed E-state index contributed by atoms with van der Waals surface area (Å²) in [4.78, 5) is 5.34. The lowest BCUT2D eigenvalue weighted by atomic mass is 9.33. The quantitative estimate of drug-likeness (QED) is 0.161. The van der Waals surface area contributed by atoms with Gasteiger partial charge in [-0.1, -0.05) is 126 Å². The third kappa shape index (κ3) is 5.78. The number of thiophene rings is 1. The Labute approximate surface area is 409 Å². The van der Waals surface area contributed by atoms with Crippen molar-refractivity contribution >= 4 is 99.9 Å². The number of nitrogens with zero attached hydrogens (tertiary/aromatic N) is 2. The number of hydrogen-bond acceptors (Lipinski definition) is 4. The molecule has 8 aromatic rings. The summed E-state index contributed by atoms with van der Waals surface area (Å²) in [6, 6.07) is 38.6. The minimum Gasteiger partial charge on any atom is -0.454 e. The standard InChI is InChI=1S/C63H67BN2OS/c1-36-29-50-55-51(30-36)66(48-19-16-18-39-38-17-14-15-20-52(38)67-56(39)48)49-34-45-44(61(8,9)26-27-62(45,10)11)33-47(49)64(55)54-40-32-43-46(63(12,13)28-25-60(43,6)7)35-53(40)68-57(54)65(50)37-21-22-41-42(31-37)59(4,5)24-23-58(41,2)3/h14-22,29-35H,23-28H2,1-13H3. The number of benzene rings is 6. The van der Waals surface area contributed by atoms with Gasteiger partial charge in [-0.05, 0) is 193 Å². The first-order valence-electron chi connectivity index (χ1n) is 25.7. The van der Waals surface area contributed by atoms with E-state index < -0.39 is 0 Å². The van der Waals surface area contributed by atoms with Gasteiger partial charge in [0.05, 0.1) is 10.7 Å². The maximum Gasteiger partial charge on any atom is 0.254 e. The van der Waals surface area contributed by atoms with Gasteiger partial charge in [-0.2, -0.15) is 0 Å². The molecule has 0 saturated carbocycles. The van der Waals surface area contributed by atoms with E-state index in [-0.39, 0.29) is 39.2 Å². The van der Waals surface area contributed by atoms with E-state index >= 15 is 0 Å². The molecule has 3 aliphatic carbocycles. The molecule has 0 atom stereocenters. The molecule has 0 fully saturated rings. The van der Waals surface area contributed by atoms with Crippen LogP contribution in [0.15, 0.2) is 101 Å². The summed E-state index contributed by atoms with van der Waals surface area (Å²) in [6.45, 7) is 32.1. The molecule has 13 rings (SSSR count). The topological polar surface area (TPSA) is 19.6 Å². The molecule has 344 valence electrons. The van der Waals surface area contributed by atoms with E-state index in [2.05, 4.69) is 197 Å². The van der Waals surface area contributed by atoms with Crippen molar-refractivity contribution in [3.05, 3.63) is 136 Å². The van der Waals surface area contributed by atoms with Crippen LogP contribution < -0.4 is 26.2 Å². The lowest BCUT2D eigenvalue weighted by molar-refractivity contribution is 0.332. The molecule has 0 radical (unpaired) electrons. The van der Waals surface area contributed by atoms with Crippen LogP contribution in [-0.4, -0.2) is 6.71 Å². The Morgan fingerprint density at radius 1 is 0.456 bits per heavy atom. The molecule has 2 aromatic heterocycles. The van der Waals surface area contributed by atoms with Crippen LogP contribution >= 0.6 is 11.3 Å². The fourth-order valence-electron chi connectivity index (χ4n) is 13.9. The molecule has 0 spiro atoms. The maximum atomic E-state index is 7.00. The van der Waals surface area contributed by atoms with Gasteiger partial charge >= 0.3 is 0 Å². The average molecular weight is 911 g/mol. The van der Waals surface area contributed by atoms with Gasteiger partial charge in [-0.25, -0.2) is 0 Å². The Morgan fingerprint density at radius 2 is 1.00 bits per heavy atom. The highest BCUT2D eigenvalue weighted by molar-refractivity contribution is 7.26. The molecule has 0 saturated heterocycles. The van der Waals surface area contributed by atoms with Gasteiger partial charge in [-0.15, -0.1) is 11.3 Å². The molecular weight excluding hydrogens is 844 g/mol. The van der Waals surface area contributed by atoms with Crippen LogP contribution in [0.4, 0.5) is 33.4 Å². The summed E-state index contributed by atoms with van der Waals surface area (Å²) in [5.41, 5.74) is 23.1. The summed E-state index contributed by atoms with van der Waals surface area (Å²) < 4.78 is 8.41. The summed E-state index contributed by atoms with van der Waals surface area (Å²) in [5.74, 6) is 0. The van der Waals surface area contributed by atoms with E-state index in [0.717, 1.165) is 34.0 Å². The van der Waals surface area contributed by atoms with Crippen molar-refractivity contribution in [1.82, 2.24) is 0 Å². The summed E-state index contributed by atoms with van der Waals surface area (Å²) in [6.07, 6.45) is 7.10. The van der Waals surface area contributed by atoms with Crippen LogP contribution in [0.2, 0.25) is 0 Å². The first-order valence-corrected chi connectivity index (χ1v) is 26.5. The van der Waals surface area contributed by atoms with Crippen molar-refractivity contribution in [2.45, 2.75) is 161 Å². The smallest absolute Gasteiger partial charge is 0.254 e. The molecule has 0 N–H and O–H groups in total. The largest absolute Gasteiger partial charge is 0.454 e. The molecule has 0 unspecified atom stereocenters. The summed E-state index contributed by atoms with van der Waals surface area (Å²) >= 11 is 2.03. The fraction of sp³-hybridized carbons (Fsp3) is 0.397. The van der Waals surface area contributed by atoms with E-state index in [1.54, 1.807) is 0 Å². The third-order valence-corrected chi connectivity index (χ3v) is 19.6. The van der Waals surface area contributed by atoms with Crippen molar-refractivity contribution in [3.63, 3.8) is 0 Å². The molecule has 0 amide bonds. The third-order valence-electron chi connectivity index (χ3n) is 18.5. The van der Waals surface area contributed by atoms with Crippen LogP contribution in [0.1, 0.15) is 161 Å². The highest BCUT2D eigenvalue weighted by Crippen LogP contribution is 2.56. The van der Waals surface area contributed by atoms with E-state index in [0.29, 0.717) is 0 Å². The number of rotatable bonds is 2. The van der Waals surface area contributed by atoms with Crippen molar-refractivity contribution in [2.75, 3.05) is 9.80 Å². The maximum absolute atomic E-state index is 7.00. The number of hydrogen-bond donors (Lipinski definition) is 0. The van der Waals surface area contributed by atoms with Gasteiger partial charge in [0.15, 0.2) is 5.58 Å². The molecule has 5 aliphatic rings. The fourth-order valence-corrected chi connectivity index (χ4v) is 15.2. The number of furan rings is 1. The highest BCUT2D eigenvalue weighted by Gasteiger charge is 2.49. The zero-order chi connectivity index (χ0) is 47.4. The van der Waals surface area contributed by atoms with Gasteiger partial charge in [-0.3, -0.25) is 0 Å². The lowest BCUT2D eigenvalue weighted by Crippen LogP contribution is -2.61. The molecule has 68 heavy (non-hydrogen) atoms. The molecule has 2 aliphatic heterocycles. The normalized spacial score (nSPS) is 20.7. The van der Waals surface area contributed by atoms with E-state index in [4.69, 9.17) is 4.42 Å². The van der Waals surface area contributed by atoms with Gasteiger partial charge in [0.1, 0.15) is 5.58 Å². The Balaban J connectivity index is 1.18. The van der Waals surface area contributed by atoms with Crippen molar-refractivity contribution in [3.8, 4) is 0 Å². The predicted octanol–water partition coefficient (Wildman–Crippen LogP) is 16.2. The number of anilines is 6. The average Bonchev–Trinajstić information content (AvgIpc) is 3.86. The molecule has 0 bridgehead atoms. The van der Waals surface area contributed by atoms with E-state index in [9.17, 15) is 0 Å². The van der Waals surface area contributed by atoms with Gasteiger partial charge < -0.3 is 14.2 Å². The second-order valence-electron chi connectivity index (χ2n) is 25.8. The summed E-state index contributed by atoms with van der Waals surface area (Å²) in [7, 11) is 0. The lowest BCUT2D eigenvalue weighted by Gasteiger charge is -2.47. The zero-order valence-corrected chi connectivity index (χ0v) is 43.6. The second-order valence-corrected chi connectivity index (χ2v) is 26.8. The van der Waals surface area contributed by atoms with Crippen molar-refractivity contribution in [1.29, 1.82) is 0 Å². The number of fused-ring (bicyclic) bond motifs is 12. The SMILES string of the molecule is Cc1cc2c3c(c1)N(c1cccc4c1oc1ccccc14)c1cc4c(cc1B3c1c(sc3cc5c(cc13)C(C)(C)CCC5(C)C)N2c1ccc2c(c1)C(C)(C)CCC2(C)C)C(C)(C)CCC4(C)C. The second kappa shape index (κ2) is 13.5. The highest BCUT2D eigenvalue weighted by atomic mass is 32.1. The Kier molecular flexibility index (Phi) is 8.52. The minimum absolute atomic E-state index is 0.0265. The predicted molar refractivity (Wildman–Crippen MR) is 294 cm³/mol. The van der Waals surface area contributed by atoms with Crippen LogP contribution in [-0.2, 0) is 32.5 Å². The number of para-hydroxylation sites is 2. The molecule has 5 heteroatoms. The number of aryl methyl sites for hydroxylation is 1. The van der Waals surface area contributed by atoms with Crippen LogP contribution in [0.25, 0.3) is 32.0 Å². The van der Waals surface area contributed by atoms with Crippen molar-refractivity contribution < 1.29 is 4.42 Å². The Bertz CT molecular complexity index is 3520. The zero-order valence-electron chi connectivity index (χ0n) is 42.8.